The van der Waals surface area contributed by atoms with Crippen LogP contribution in [0.3, 0.4) is 0 Å². The van der Waals surface area contributed by atoms with Crippen molar-refractivity contribution in [2.75, 3.05) is 0 Å². The van der Waals surface area contributed by atoms with Crippen molar-refractivity contribution in [3.05, 3.63) is 70.5 Å². The van der Waals surface area contributed by atoms with Crippen molar-refractivity contribution < 1.29 is 13.2 Å². The van der Waals surface area contributed by atoms with Crippen LogP contribution in [-0.2, 0) is 6.42 Å². The predicted octanol–water partition coefficient (Wildman–Crippen LogP) is 3.65. The highest BCUT2D eigenvalue weighted by Gasteiger charge is 2.14. The lowest BCUT2D eigenvalue weighted by Crippen LogP contribution is -2.15. The van der Waals surface area contributed by atoms with Crippen LogP contribution in [-0.4, -0.2) is 0 Å². The molecule has 0 spiro atoms. The van der Waals surface area contributed by atoms with E-state index < -0.39 is 17.7 Å². The van der Waals surface area contributed by atoms with Gasteiger partial charge in [0.2, 0.25) is 0 Å². The fourth-order valence-corrected chi connectivity index (χ4v) is 1.95. The fourth-order valence-electron chi connectivity index (χ4n) is 1.95. The molecule has 2 N–H and O–H groups in total. The van der Waals surface area contributed by atoms with E-state index >= 15 is 0 Å². The Labute approximate surface area is 109 Å². The lowest BCUT2D eigenvalue weighted by atomic mass is 9.97. The molecule has 2 aromatic carbocycles. The maximum Gasteiger partial charge on any atom is 0.130 e. The topological polar surface area (TPSA) is 26.0 Å². The van der Waals surface area contributed by atoms with Crippen LogP contribution in [0.1, 0.15) is 22.7 Å². The molecular formula is C15H14F3N. The monoisotopic (exact) mass is 265 g/mol. The van der Waals surface area contributed by atoms with Gasteiger partial charge in [-0.2, -0.15) is 0 Å². The molecular weight excluding hydrogens is 251 g/mol. The van der Waals surface area contributed by atoms with Gasteiger partial charge in [-0.25, -0.2) is 13.2 Å². The maximum atomic E-state index is 13.7. The Kier molecular flexibility index (Phi) is 3.90. The third kappa shape index (κ3) is 3.15. The summed E-state index contributed by atoms with van der Waals surface area (Å²) in [7, 11) is 0. The fraction of sp³-hybridized carbons (Fsp3) is 0.200. The van der Waals surface area contributed by atoms with Gasteiger partial charge in [-0.05, 0) is 42.7 Å². The molecule has 0 amide bonds. The summed E-state index contributed by atoms with van der Waals surface area (Å²) in [5.41, 5.74) is 7.35. The number of aryl methyl sites for hydroxylation is 1. The molecule has 0 saturated heterocycles. The Morgan fingerprint density at radius 2 is 1.63 bits per heavy atom. The minimum absolute atomic E-state index is 0.267. The van der Waals surface area contributed by atoms with Gasteiger partial charge in [0, 0.05) is 17.7 Å². The van der Waals surface area contributed by atoms with Crippen LogP contribution >= 0.6 is 0 Å². The first kappa shape index (κ1) is 13.6. The molecule has 0 aromatic heterocycles. The van der Waals surface area contributed by atoms with E-state index in [2.05, 4.69) is 0 Å². The van der Waals surface area contributed by atoms with Crippen LogP contribution in [0.4, 0.5) is 13.2 Å². The van der Waals surface area contributed by atoms with Gasteiger partial charge in [-0.1, -0.05) is 12.1 Å². The van der Waals surface area contributed by atoms with Crippen molar-refractivity contribution in [2.24, 2.45) is 5.73 Å². The van der Waals surface area contributed by atoms with Crippen molar-refractivity contribution in [2.45, 2.75) is 19.4 Å². The van der Waals surface area contributed by atoms with E-state index in [1.165, 1.54) is 18.2 Å². The normalized spacial score (nSPS) is 12.5. The number of benzene rings is 2. The Morgan fingerprint density at radius 3 is 2.26 bits per heavy atom. The molecule has 0 fully saturated rings. The van der Waals surface area contributed by atoms with Crippen molar-refractivity contribution in [1.29, 1.82) is 0 Å². The number of halogens is 3. The third-order valence-electron chi connectivity index (χ3n) is 3.05. The Bertz CT molecular complexity index is 579. The van der Waals surface area contributed by atoms with E-state index in [1.807, 2.05) is 0 Å². The zero-order valence-electron chi connectivity index (χ0n) is 10.5. The number of rotatable bonds is 3. The molecule has 0 aliphatic heterocycles. The summed E-state index contributed by atoms with van der Waals surface area (Å²) in [5, 5.41) is 0. The highest BCUT2D eigenvalue weighted by atomic mass is 19.1. The number of hydrogen-bond acceptors (Lipinski definition) is 1. The van der Waals surface area contributed by atoms with Gasteiger partial charge in [-0.15, -0.1) is 0 Å². The predicted molar refractivity (Wildman–Crippen MR) is 68.1 cm³/mol. The molecule has 0 aliphatic carbocycles. The molecule has 0 saturated carbocycles. The first-order chi connectivity index (χ1) is 8.97. The summed E-state index contributed by atoms with van der Waals surface area (Å²) in [6.45, 7) is 1.56. The highest BCUT2D eigenvalue weighted by Crippen LogP contribution is 2.22. The largest absolute Gasteiger partial charge is 0.324 e. The van der Waals surface area contributed by atoms with E-state index in [1.54, 1.807) is 19.1 Å². The summed E-state index contributed by atoms with van der Waals surface area (Å²) < 4.78 is 39.6. The first-order valence-electron chi connectivity index (χ1n) is 5.93. The quantitative estimate of drug-likeness (QED) is 0.900. The summed E-state index contributed by atoms with van der Waals surface area (Å²) >= 11 is 0. The molecule has 1 atom stereocenters. The molecule has 1 unspecified atom stereocenters. The van der Waals surface area contributed by atoms with E-state index in [0.717, 1.165) is 11.6 Å². The molecule has 2 rings (SSSR count). The Balaban J connectivity index is 2.22. The highest BCUT2D eigenvalue weighted by molar-refractivity contribution is 5.29. The summed E-state index contributed by atoms with van der Waals surface area (Å²) in [6, 6.07) is 7.52. The second-order valence-electron chi connectivity index (χ2n) is 4.56. The van der Waals surface area contributed by atoms with Crippen LogP contribution in [0.15, 0.2) is 36.4 Å². The Morgan fingerprint density at radius 1 is 1.00 bits per heavy atom. The second kappa shape index (κ2) is 5.45. The van der Waals surface area contributed by atoms with Gasteiger partial charge in [0.25, 0.3) is 0 Å². The van der Waals surface area contributed by atoms with E-state index in [-0.39, 0.29) is 11.4 Å². The smallest absolute Gasteiger partial charge is 0.130 e. The summed E-state index contributed by atoms with van der Waals surface area (Å²) in [5.74, 6) is -1.57. The first-order valence-corrected chi connectivity index (χ1v) is 5.93. The summed E-state index contributed by atoms with van der Waals surface area (Å²) in [4.78, 5) is 0. The molecule has 2 aromatic rings. The average Bonchev–Trinajstić information content (AvgIpc) is 2.36. The van der Waals surface area contributed by atoms with Gasteiger partial charge in [0.1, 0.15) is 17.5 Å². The minimum atomic E-state index is -0.655. The van der Waals surface area contributed by atoms with Crippen LogP contribution in [0.25, 0.3) is 0 Å². The van der Waals surface area contributed by atoms with Gasteiger partial charge >= 0.3 is 0 Å². The third-order valence-corrected chi connectivity index (χ3v) is 3.05. The van der Waals surface area contributed by atoms with E-state index in [9.17, 15) is 13.2 Å². The lowest BCUT2D eigenvalue weighted by molar-refractivity contribution is 0.549. The molecule has 1 nitrogen and oxygen atoms in total. The molecule has 100 valence electrons. The molecule has 4 heteroatoms. The lowest BCUT2D eigenvalue weighted by Gasteiger charge is -2.14. The zero-order valence-corrected chi connectivity index (χ0v) is 10.5. The van der Waals surface area contributed by atoms with E-state index in [4.69, 9.17) is 5.73 Å². The molecule has 0 radical (unpaired) electrons. The zero-order chi connectivity index (χ0) is 14.0. The van der Waals surface area contributed by atoms with Crippen LogP contribution in [0.2, 0.25) is 0 Å². The standard InChI is InChI=1S/C15H14F3N/c1-9-6-12(14(18)8-13(9)17)15(19)7-10-2-4-11(16)5-3-10/h2-6,8,15H,7,19H2,1H3. The van der Waals surface area contributed by atoms with Gasteiger partial charge < -0.3 is 5.73 Å². The maximum absolute atomic E-state index is 13.7. The summed E-state index contributed by atoms with van der Waals surface area (Å²) in [6.07, 6.45) is 0.363. The van der Waals surface area contributed by atoms with Crippen molar-refractivity contribution in [1.82, 2.24) is 0 Å². The molecule has 19 heavy (non-hydrogen) atoms. The van der Waals surface area contributed by atoms with Gasteiger partial charge in [0.15, 0.2) is 0 Å². The van der Waals surface area contributed by atoms with Crippen molar-refractivity contribution in [3.63, 3.8) is 0 Å². The Hall–Kier alpha value is -1.81. The second-order valence-corrected chi connectivity index (χ2v) is 4.56. The minimum Gasteiger partial charge on any atom is -0.324 e. The van der Waals surface area contributed by atoms with Gasteiger partial charge in [-0.3, -0.25) is 0 Å². The van der Waals surface area contributed by atoms with Crippen molar-refractivity contribution >= 4 is 0 Å². The number of nitrogens with two attached hydrogens (primary N) is 1. The van der Waals surface area contributed by atoms with Crippen molar-refractivity contribution in [3.8, 4) is 0 Å². The van der Waals surface area contributed by atoms with Crippen LogP contribution < -0.4 is 5.73 Å². The van der Waals surface area contributed by atoms with Crippen LogP contribution in [0.5, 0.6) is 0 Å². The van der Waals surface area contributed by atoms with Crippen LogP contribution in [0, 0.1) is 24.4 Å². The van der Waals surface area contributed by atoms with Gasteiger partial charge in [0.05, 0.1) is 0 Å². The van der Waals surface area contributed by atoms with E-state index in [0.29, 0.717) is 12.0 Å². The molecule has 0 bridgehead atoms. The molecule has 0 aliphatic rings. The average molecular weight is 265 g/mol. The number of hydrogen-bond donors (Lipinski definition) is 1. The molecule has 0 heterocycles. The SMILES string of the molecule is Cc1cc(C(N)Cc2ccc(F)cc2)c(F)cc1F.